The molecular weight excluding hydrogens is 458 g/mol. The van der Waals surface area contributed by atoms with Crippen LogP contribution in [-0.4, -0.2) is 41.8 Å². The molecule has 0 unspecified atom stereocenters. The van der Waals surface area contributed by atoms with Gasteiger partial charge in [0, 0.05) is 12.6 Å². The second-order valence-electron chi connectivity index (χ2n) is 9.18. The smallest absolute Gasteiger partial charge is 0.287 e. The van der Waals surface area contributed by atoms with E-state index in [1.807, 2.05) is 30.3 Å². The number of aryl methyl sites for hydroxylation is 1. The van der Waals surface area contributed by atoms with Gasteiger partial charge in [-0.15, -0.1) is 0 Å². The van der Waals surface area contributed by atoms with E-state index in [0.29, 0.717) is 17.9 Å². The van der Waals surface area contributed by atoms with Crippen LogP contribution in [0.15, 0.2) is 69.7 Å². The second-order valence-corrected chi connectivity index (χ2v) is 9.18. The summed E-state index contributed by atoms with van der Waals surface area (Å²) >= 11 is 0. The Kier molecular flexibility index (Phi) is 8.60. The standard InChI is InChI=1S/C28H33N3O5/c1-20-14-15-23(36-20)26(28(34)30-22-11-6-3-7-12-22)31(17-16-21-9-4-2-5-10-21)25(32)19-29-27(33)24-13-8-18-35-24/h2,4-5,8-10,13-15,18,22,26H,3,6-7,11-12,16-17,19H2,1H3,(H,29,33)(H,30,34)/t26-/m0/s1. The molecule has 8 heteroatoms. The highest BCUT2D eigenvalue weighted by Crippen LogP contribution is 2.26. The molecule has 1 atom stereocenters. The number of carbonyl (C=O) groups is 3. The number of carbonyl (C=O) groups excluding carboxylic acids is 3. The molecule has 8 nitrogen and oxygen atoms in total. The average molecular weight is 492 g/mol. The zero-order chi connectivity index (χ0) is 25.3. The number of nitrogens with zero attached hydrogens (tertiary/aromatic N) is 1. The minimum Gasteiger partial charge on any atom is -0.464 e. The lowest BCUT2D eigenvalue weighted by Crippen LogP contribution is -2.50. The maximum atomic E-state index is 13.6. The fraction of sp³-hybridized carbons (Fsp3) is 0.393. The molecular formula is C28H33N3O5. The number of amides is 3. The number of hydrogen-bond donors (Lipinski definition) is 2. The first-order valence-corrected chi connectivity index (χ1v) is 12.5. The van der Waals surface area contributed by atoms with Gasteiger partial charge in [0.1, 0.15) is 11.5 Å². The van der Waals surface area contributed by atoms with Gasteiger partial charge in [0.15, 0.2) is 11.8 Å². The molecule has 190 valence electrons. The van der Waals surface area contributed by atoms with Gasteiger partial charge in [-0.3, -0.25) is 14.4 Å². The Morgan fingerprint density at radius 1 is 1.00 bits per heavy atom. The lowest BCUT2D eigenvalue weighted by atomic mass is 9.95. The normalized spacial score (nSPS) is 14.7. The molecule has 1 aromatic carbocycles. The molecule has 0 bridgehead atoms. The number of rotatable bonds is 10. The zero-order valence-corrected chi connectivity index (χ0v) is 20.6. The van der Waals surface area contributed by atoms with Gasteiger partial charge in [-0.1, -0.05) is 49.6 Å². The van der Waals surface area contributed by atoms with Gasteiger partial charge in [-0.2, -0.15) is 0 Å². The van der Waals surface area contributed by atoms with Gasteiger partial charge in [0.05, 0.1) is 12.8 Å². The first-order chi connectivity index (χ1) is 17.5. The van der Waals surface area contributed by atoms with E-state index < -0.39 is 11.9 Å². The summed E-state index contributed by atoms with van der Waals surface area (Å²) in [5.41, 5.74) is 1.04. The van der Waals surface area contributed by atoms with Gasteiger partial charge in [0.25, 0.3) is 11.8 Å². The quantitative estimate of drug-likeness (QED) is 0.443. The molecule has 2 N–H and O–H groups in total. The number of nitrogens with one attached hydrogen (secondary N) is 2. The SMILES string of the molecule is Cc1ccc([C@@H](C(=O)NC2CCCCC2)N(CCc2ccccc2)C(=O)CNC(=O)c2ccco2)o1. The molecule has 0 radical (unpaired) electrons. The third-order valence-corrected chi connectivity index (χ3v) is 6.49. The van der Waals surface area contributed by atoms with Crippen LogP contribution >= 0.6 is 0 Å². The fourth-order valence-corrected chi connectivity index (χ4v) is 4.60. The molecule has 36 heavy (non-hydrogen) atoms. The number of benzene rings is 1. The van der Waals surface area contributed by atoms with Crippen LogP contribution in [0, 0.1) is 6.92 Å². The first-order valence-electron chi connectivity index (χ1n) is 12.5. The van der Waals surface area contributed by atoms with Crippen molar-refractivity contribution in [1.82, 2.24) is 15.5 Å². The average Bonchev–Trinajstić information content (AvgIpc) is 3.58. The molecule has 1 aliphatic rings. The number of hydrogen-bond acceptors (Lipinski definition) is 5. The summed E-state index contributed by atoms with van der Waals surface area (Å²) in [6.45, 7) is 1.81. The molecule has 1 saturated carbocycles. The van der Waals surface area contributed by atoms with E-state index in [-0.39, 0.29) is 36.7 Å². The molecule has 0 saturated heterocycles. The van der Waals surface area contributed by atoms with Crippen molar-refractivity contribution in [3.05, 3.63) is 83.7 Å². The highest BCUT2D eigenvalue weighted by atomic mass is 16.3. The molecule has 3 aromatic rings. The van der Waals surface area contributed by atoms with Crippen molar-refractivity contribution >= 4 is 17.7 Å². The van der Waals surface area contributed by atoms with E-state index >= 15 is 0 Å². The maximum Gasteiger partial charge on any atom is 0.287 e. The maximum absolute atomic E-state index is 13.6. The molecule has 2 aromatic heterocycles. The van der Waals surface area contributed by atoms with Gasteiger partial charge in [-0.25, -0.2) is 0 Å². The zero-order valence-electron chi connectivity index (χ0n) is 20.6. The van der Waals surface area contributed by atoms with E-state index in [1.54, 1.807) is 25.1 Å². The van der Waals surface area contributed by atoms with Crippen LogP contribution < -0.4 is 10.6 Å². The van der Waals surface area contributed by atoms with Crippen molar-refractivity contribution in [2.75, 3.05) is 13.1 Å². The topological polar surface area (TPSA) is 105 Å². The Bertz CT molecular complexity index is 1130. The van der Waals surface area contributed by atoms with Crippen molar-refractivity contribution in [3.63, 3.8) is 0 Å². The summed E-state index contributed by atoms with van der Waals surface area (Å²) in [5.74, 6) is 0.0284. The summed E-state index contributed by atoms with van der Waals surface area (Å²) in [5, 5.41) is 5.76. The minimum absolute atomic E-state index is 0.0783. The van der Waals surface area contributed by atoms with Crippen LogP contribution in [0.25, 0.3) is 0 Å². The minimum atomic E-state index is -0.947. The summed E-state index contributed by atoms with van der Waals surface area (Å²) in [6.07, 6.45) is 7.11. The van der Waals surface area contributed by atoms with E-state index in [0.717, 1.165) is 31.2 Å². The lowest BCUT2D eigenvalue weighted by Gasteiger charge is -2.32. The van der Waals surface area contributed by atoms with Crippen LogP contribution in [0.5, 0.6) is 0 Å². The predicted octanol–water partition coefficient (Wildman–Crippen LogP) is 4.17. The van der Waals surface area contributed by atoms with Gasteiger partial charge >= 0.3 is 0 Å². The van der Waals surface area contributed by atoms with Crippen LogP contribution in [0.3, 0.4) is 0 Å². The number of furan rings is 2. The lowest BCUT2D eigenvalue weighted by molar-refractivity contribution is -0.141. The monoisotopic (exact) mass is 491 g/mol. The highest BCUT2D eigenvalue weighted by molar-refractivity contribution is 5.95. The third kappa shape index (κ3) is 6.65. The Labute approximate surface area is 211 Å². The molecule has 2 heterocycles. The molecule has 3 amide bonds. The van der Waals surface area contributed by atoms with Crippen LogP contribution in [0.2, 0.25) is 0 Å². The molecule has 0 spiro atoms. The molecule has 4 rings (SSSR count). The van der Waals surface area contributed by atoms with Crippen LogP contribution in [0.1, 0.15) is 65.8 Å². The predicted molar refractivity (Wildman–Crippen MR) is 134 cm³/mol. The first kappa shape index (κ1) is 25.3. The largest absolute Gasteiger partial charge is 0.464 e. The Balaban J connectivity index is 1.56. The van der Waals surface area contributed by atoms with Crippen molar-refractivity contribution in [3.8, 4) is 0 Å². The van der Waals surface area contributed by atoms with Crippen molar-refractivity contribution in [2.45, 2.75) is 57.5 Å². The fourth-order valence-electron chi connectivity index (χ4n) is 4.60. The van der Waals surface area contributed by atoms with Crippen molar-refractivity contribution in [1.29, 1.82) is 0 Å². The highest BCUT2D eigenvalue weighted by Gasteiger charge is 2.35. The van der Waals surface area contributed by atoms with Gasteiger partial charge < -0.3 is 24.4 Å². The summed E-state index contributed by atoms with van der Waals surface area (Å²) < 4.78 is 11.0. The van der Waals surface area contributed by atoms with Gasteiger partial charge in [0.2, 0.25) is 5.91 Å². The van der Waals surface area contributed by atoms with E-state index in [9.17, 15) is 14.4 Å². The summed E-state index contributed by atoms with van der Waals surface area (Å²) in [4.78, 5) is 41.0. The molecule has 0 aliphatic heterocycles. The Hall–Kier alpha value is -3.81. The van der Waals surface area contributed by atoms with E-state index in [4.69, 9.17) is 8.83 Å². The van der Waals surface area contributed by atoms with Crippen LogP contribution in [0.4, 0.5) is 0 Å². The molecule has 1 aliphatic carbocycles. The third-order valence-electron chi connectivity index (χ3n) is 6.49. The van der Waals surface area contributed by atoms with Crippen LogP contribution in [-0.2, 0) is 16.0 Å². The van der Waals surface area contributed by atoms with E-state index in [2.05, 4.69) is 10.6 Å². The van der Waals surface area contributed by atoms with Crippen molar-refractivity contribution in [2.24, 2.45) is 0 Å². The summed E-state index contributed by atoms with van der Waals surface area (Å²) in [6, 6.07) is 15.6. The second kappa shape index (κ2) is 12.2. The molecule has 1 fully saturated rings. The van der Waals surface area contributed by atoms with E-state index in [1.165, 1.54) is 23.7 Å². The Morgan fingerprint density at radius 3 is 2.44 bits per heavy atom. The van der Waals surface area contributed by atoms with Gasteiger partial charge in [-0.05, 0) is 56.0 Å². The summed E-state index contributed by atoms with van der Waals surface area (Å²) in [7, 11) is 0. The Morgan fingerprint density at radius 2 is 1.78 bits per heavy atom. The van der Waals surface area contributed by atoms with Crippen molar-refractivity contribution < 1.29 is 23.2 Å².